The van der Waals surface area contributed by atoms with E-state index in [2.05, 4.69) is 4.18 Å². The Bertz CT molecular complexity index is 511. The van der Waals surface area contributed by atoms with E-state index in [0.29, 0.717) is 0 Å². The zero-order chi connectivity index (χ0) is 12.7. The van der Waals surface area contributed by atoms with Crippen LogP contribution in [0.4, 0.5) is 17.6 Å². The van der Waals surface area contributed by atoms with Crippen molar-refractivity contribution in [2.75, 3.05) is 0 Å². The molecule has 5 nitrogen and oxygen atoms in total. The first kappa shape index (κ1) is 12.5. The van der Waals surface area contributed by atoms with Crippen molar-refractivity contribution in [3.05, 3.63) is 23.3 Å². The smallest absolute Gasteiger partial charge is 0.446 e. The second-order valence-electron chi connectivity index (χ2n) is 2.44. The topological polar surface area (TPSA) is 83.8 Å². The van der Waals surface area contributed by atoms with Crippen LogP contribution in [0.15, 0.2) is 0 Å². The molecule has 0 fully saturated rings. The predicted molar refractivity (Wildman–Crippen MR) is 40.1 cm³/mol. The maximum absolute atomic E-state index is 12.8. The van der Waals surface area contributed by atoms with Crippen molar-refractivity contribution in [1.82, 2.24) is 0 Å². The van der Waals surface area contributed by atoms with Crippen LogP contribution in [-0.2, 0) is 10.4 Å². The van der Waals surface area contributed by atoms with Gasteiger partial charge in [-0.2, -0.15) is 26.0 Å². The molecular weight excluding hydrogens is 260 g/mol. The van der Waals surface area contributed by atoms with Gasteiger partial charge >= 0.3 is 10.4 Å². The van der Waals surface area contributed by atoms with E-state index in [0.717, 1.165) is 0 Å². The highest BCUT2D eigenvalue weighted by Crippen LogP contribution is 2.34. The molecular formula is C6H2F4O5S. The van der Waals surface area contributed by atoms with Crippen molar-refractivity contribution < 1.29 is 39.8 Å². The van der Waals surface area contributed by atoms with Crippen LogP contribution < -0.4 is 4.18 Å². The van der Waals surface area contributed by atoms with E-state index < -0.39 is 45.2 Å². The van der Waals surface area contributed by atoms with E-state index in [1.54, 1.807) is 0 Å². The molecule has 90 valence electrons. The van der Waals surface area contributed by atoms with Crippen LogP contribution in [0.1, 0.15) is 0 Å². The summed E-state index contributed by atoms with van der Waals surface area (Å²) in [5.41, 5.74) is 0. The van der Waals surface area contributed by atoms with E-state index in [4.69, 9.17) is 9.66 Å². The van der Waals surface area contributed by atoms with Crippen LogP contribution in [0, 0.1) is 23.3 Å². The number of phenolic OH excluding ortho intramolecular Hbond substituents is 1. The Labute approximate surface area is 85.8 Å². The van der Waals surface area contributed by atoms with Gasteiger partial charge in [0.1, 0.15) is 0 Å². The maximum Gasteiger partial charge on any atom is 0.446 e. The molecule has 0 bridgehead atoms. The van der Waals surface area contributed by atoms with E-state index in [1.807, 2.05) is 0 Å². The van der Waals surface area contributed by atoms with Crippen LogP contribution in [0.3, 0.4) is 0 Å². The van der Waals surface area contributed by atoms with E-state index >= 15 is 0 Å². The van der Waals surface area contributed by atoms with E-state index in [1.165, 1.54) is 0 Å². The fraction of sp³-hybridized carbons (Fsp3) is 0. The fourth-order valence-corrected chi connectivity index (χ4v) is 1.14. The third-order valence-corrected chi connectivity index (χ3v) is 1.77. The normalized spacial score (nSPS) is 11.6. The summed E-state index contributed by atoms with van der Waals surface area (Å²) >= 11 is 0. The van der Waals surface area contributed by atoms with Crippen LogP contribution in [0.5, 0.6) is 11.5 Å². The lowest BCUT2D eigenvalue weighted by Crippen LogP contribution is -2.11. The number of phenols is 1. The quantitative estimate of drug-likeness (QED) is 0.474. The molecule has 0 aliphatic heterocycles. The molecule has 0 unspecified atom stereocenters. The summed E-state index contributed by atoms with van der Waals surface area (Å²) in [7, 11) is -5.36. The van der Waals surface area contributed by atoms with E-state index in [9.17, 15) is 26.0 Å². The van der Waals surface area contributed by atoms with Crippen LogP contribution in [-0.4, -0.2) is 18.1 Å². The Morgan fingerprint density at radius 3 is 1.62 bits per heavy atom. The molecule has 0 atom stereocenters. The summed E-state index contributed by atoms with van der Waals surface area (Å²) in [5, 5.41) is 8.49. The zero-order valence-electron chi connectivity index (χ0n) is 7.04. The van der Waals surface area contributed by atoms with E-state index in [-0.39, 0.29) is 0 Å². The lowest BCUT2D eigenvalue weighted by Gasteiger charge is -2.07. The average molecular weight is 262 g/mol. The summed E-state index contributed by atoms with van der Waals surface area (Å²) in [5.74, 6) is -13.1. The van der Waals surface area contributed by atoms with Crippen LogP contribution in [0.2, 0.25) is 0 Å². The van der Waals surface area contributed by atoms with Crippen molar-refractivity contribution >= 4 is 10.4 Å². The third kappa shape index (κ3) is 2.17. The van der Waals surface area contributed by atoms with Gasteiger partial charge in [-0.25, -0.2) is 0 Å². The summed E-state index contributed by atoms with van der Waals surface area (Å²) < 4.78 is 82.4. The van der Waals surface area contributed by atoms with Gasteiger partial charge in [-0.15, -0.1) is 0 Å². The molecule has 16 heavy (non-hydrogen) atoms. The Morgan fingerprint density at radius 2 is 1.31 bits per heavy atom. The first-order valence-corrected chi connectivity index (χ1v) is 4.73. The molecule has 0 aliphatic rings. The molecule has 1 aromatic rings. The number of rotatable bonds is 2. The second kappa shape index (κ2) is 3.79. The number of aromatic hydroxyl groups is 1. The van der Waals surface area contributed by atoms with Crippen molar-refractivity contribution in [3.63, 3.8) is 0 Å². The van der Waals surface area contributed by atoms with Gasteiger partial charge in [0.2, 0.25) is 29.0 Å². The van der Waals surface area contributed by atoms with Crippen LogP contribution in [0.25, 0.3) is 0 Å². The van der Waals surface area contributed by atoms with Crippen molar-refractivity contribution in [3.8, 4) is 11.5 Å². The van der Waals surface area contributed by atoms with Gasteiger partial charge in [-0.3, -0.25) is 4.55 Å². The first-order valence-electron chi connectivity index (χ1n) is 3.37. The fourth-order valence-electron chi connectivity index (χ4n) is 0.778. The van der Waals surface area contributed by atoms with Crippen molar-refractivity contribution in [2.45, 2.75) is 0 Å². The predicted octanol–water partition coefficient (Wildman–Crippen LogP) is 1.13. The molecule has 2 N–H and O–H groups in total. The molecule has 1 aromatic carbocycles. The number of hydrogen-bond donors (Lipinski definition) is 2. The first-order chi connectivity index (χ1) is 7.15. The summed E-state index contributed by atoms with van der Waals surface area (Å²) in [6, 6.07) is 0. The maximum atomic E-state index is 12.8. The van der Waals surface area contributed by atoms with Crippen molar-refractivity contribution in [2.24, 2.45) is 0 Å². The molecule has 0 radical (unpaired) electrons. The Balaban J connectivity index is 3.52. The second-order valence-corrected chi connectivity index (χ2v) is 3.47. The SMILES string of the molecule is O=S(=O)(O)Oc1c(F)c(F)c(O)c(F)c1F. The molecule has 0 saturated heterocycles. The van der Waals surface area contributed by atoms with Gasteiger partial charge in [0.25, 0.3) is 0 Å². The van der Waals surface area contributed by atoms with Gasteiger partial charge in [0.05, 0.1) is 0 Å². The largest absolute Gasteiger partial charge is 0.503 e. The van der Waals surface area contributed by atoms with Gasteiger partial charge in [-0.1, -0.05) is 0 Å². The Kier molecular flexibility index (Phi) is 2.97. The molecule has 0 saturated carbocycles. The van der Waals surface area contributed by atoms with Gasteiger partial charge in [0.15, 0.2) is 5.75 Å². The minimum Gasteiger partial charge on any atom is -0.503 e. The molecule has 0 aromatic heterocycles. The summed E-state index contributed by atoms with van der Waals surface area (Å²) in [6.45, 7) is 0. The molecule has 0 spiro atoms. The number of hydrogen-bond acceptors (Lipinski definition) is 4. The Hall–Kier alpha value is -1.55. The molecule has 0 amide bonds. The van der Waals surface area contributed by atoms with Gasteiger partial charge < -0.3 is 9.29 Å². The highest BCUT2D eigenvalue weighted by Gasteiger charge is 2.29. The minimum atomic E-state index is -5.36. The number of halogens is 4. The standard InChI is InChI=1S/C6H2F4O5S/c7-1-3(9)6(15-16(12,13)14)4(10)2(8)5(1)11/h11H,(H,12,13,14). The minimum absolute atomic E-state index is 1.97. The molecule has 0 aliphatic carbocycles. The molecule has 1 rings (SSSR count). The monoisotopic (exact) mass is 262 g/mol. The zero-order valence-corrected chi connectivity index (χ0v) is 7.86. The van der Waals surface area contributed by atoms with Gasteiger partial charge in [0, 0.05) is 0 Å². The lowest BCUT2D eigenvalue weighted by atomic mass is 10.2. The average Bonchev–Trinajstić information content (AvgIpc) is 2.17. The molecule has 0 heterocycles. The summed E-state index contributed by atoms with van der Waals surface area (Å²) in [4.78, 5) is 0. The number of benzene rings is 1. The molecule has 10 heteroatoms. The van der Waals surface area contributed by atoms with Crippen molar-refractivity contribution in [1.29, 1.82) is 0 Å². The highest BCUT2D eigenvalue weighted by atomic mass is 32.3. The third-order valence-electron chi connectivity index (χ3n) is 1.39. The Morgan fingerprint density at radius 1 is 0.938 bits per heavy atom. The highest BCUT2D eigenvalue weighted by molar-refractivity contribution is 7.81. The lowest BCUT2D eigenvalue weighted by molar-refractivity contribution is 0.321. The van der Waals surface area contributed by atoms with Gasteiger partial charge in [-0.05, 0) is 0 Å². The van der Waals surface area contributed by atoms with Crippen LogP contribution >= 0.6 is 0 Å². The summed E-state index contributed by atoms with van der Waals surface area (Å²) in [6.07, 6.45) is 0.